The fourth-order valence-corrected chi connectivity index (χ4v) is 4.17. The maximum Gasteiger partial charge on any atom is 0.259 e. The van der Waals surface area contributed by atoms with Gasteiger partial charge in [-0.2, -0.15) is 0 Å². The van der Waals surface area contributed by atoms with Gasteiger partial charge in [-0.1, -0.05) is 72.8 Å². The van der Waals surface area contributed by atoms with Crippen LogP contribution in [-0.4, -0.2) is 25.7 Å². The molecule has 0 unspecified atom stereocenters. The highest BCUT2D eigenvalue weighted by Gasteiger charge is 2.12. The molecule has 7 nitrogen and oxygen atoms in total. The highest BCUT2D eigenvalue weighted by Crippen LogP contribution is 2.21. The summed E-state index contributed by atoms with van der Waals surface area (Å²) < 4.78 is 0. The van der Waals surface area contributed by atoms with Gasteiger partial charge in [0.15, 0.2) is 5.78 Å². The second-order valence-electron chi connectivity index (χ2n) is 8.35. The zero-order chi connectivity index (χ0) is 24.6. The van der Waals surface area contributed by atoms with Crippen molar-refractivity contribution in [2.75, 3.05) is 0 Å². The van der Waals surface area contributed by atoms with Gasteiger partial charge in [0.25, 0.3) is 11.1 Å². The largest absolute Gasteiger partial charge is 0.306 e. The molecule has 0 radical (unpaired) electrons. The topological polar surface area (TPSA) is 109 Å². The maximum atomic E-state index is 13.1. The number of carbonyl (C=O) groups is 1. The van der Waals surface area contributed by atoms with E-state index in [1.165, 1.54) is 0 Å². The average Bonchev–Trinajstić information content (AvgIpc) is 2.93. The minimum atomic E-state index is -0.210. The first-order valence-corrected chi connectivity index (χ1v) is 11.3. The molecule has 0 aliphatic carbocycles. The fraction of sp³-hybridized carbons (Fsp3) is 0. The van der Waals surface area contributed by atoms with Crippen LogP contribution in [0.5, 0.6) is 0 Å². The van der Waals surface area contributed by atoms with Gasteiger partial charge < -0.3 is 9.97 Å². The zero-order valence-corrected chi connectivity index (χ0v) is 18.9. The van der Waals surface area contributed by atoms with E-state index in [0.29, 0.717) is 55.7 Å². The Morgan fingerprint density at radius 3 is 1.33 bits per heavy atom. The third-order valence-corrected chi connectivity index (χ3v) is 6.07. The summed E-state index contributed by atoms with van der Waals surface area (Å²) >= 11 is 0. The Kier molecular flexibility index (Phi) is 5.08. The number of aromatic nitrogens is 4. The third-order valence-electron chi connectivity index (χ3n) is 6.07. The highest BCUT2D eigenvalue weighted by molar-refractivity contribution is 6.09. The van der Waals surface area contributed by atoms with Gasteiger partial charge in [-0.25, -0.2) is 9.97 Å². The number of hydrogen-bond donors (Lipinski definition) is 2. The normalized spacial score (nSPS) is 11.1. The Labute approximate surface area is 204 Å². The first-order valence-electron chi connectivity index (χ1n) is 11.3. The van der Waals surface area contributed by atoms with Crippen LogP contribution in [-0.2, 0) is 0 Å². The Morgan fingerprint density at radius 1 is 0.528 bits per heavy atom. The number of carbonyl (C=O) groups excluding carboxylic acids is 1. The fourth-order valence-electron chi connectivity index (χ4n) is 4.17. The predicted octanol–water partition coefficient (Wildman–Crippen LogP) is 4.72. The van der Waals surface area contributed by atoms with Crippen LogP contribution in [0.15, 0.2) is 107 Å². The van der Waals surface area contributed by atoms with Crippen molar-refractivity contribution in [2.45, 2.75) is 0 Å². The summed E-state index contributed by atoms with van der Waals surface area (Å²) in [5.41, 5.74) is 3.22. The highest BCUT2D eigenvalue weighted by atomic mass is 16.1. The van der Waals surface area contributed by atoms with Crippen molar-refractivity contribution in [2.24, 2.45) is 0 Å². The van der Waals surface area contributed by atoms with E-state index < -0.39 is 0 Å². The lowest BCUT2D eigenvalue weighted by Gasteiger charge is -2.07. The molecule has 0 aliphatic rings. The number of hydrogen-bond acceptors (Lipinski definition) is 5. The Hall–Kier alpha value is -5.17. The van der Waals surface area contributed by atoms with Gasteiger partial charge in [0, 0.05) is 22.3 Å². The summed E-state index contributed by atoms with van der Waals surface area (Å²) in [5.74, 6) is 0.742. The van der Waals surface area contributed by atoms with Gasteiger partial charge in [0.05, 0.1) is 21.8 Å². The SMILES string of the molecule is O=C(c1ccc(-c2nc3ccccc3c(=O)[nH]2)cc1)c1ccc(-c2nc3ccccc3c(=O)[nH]2)cc1. The van der Waals surface area contributed by atoms with Gasteiger partial charge in [-0.05, 0) is 24.3 Å². The number of rotatable bonds is 4. The molecule has 0 bridgehead atoms. The number of para-hydroxylation sites is 2. The van der Waals surface area contributed by atoms with Crippen molar-refractivity contribution in [3.05, 3.63) is 129 Å². The van der Waals surface area contributed by atoms with E-state index in [9.17, 15) is 14.4 Å². The molecular formula is C29H18N4O3. The molecule has 2 aromatic heterocycles. The number of nitrogens with one attached hydrogen (secondary N) is 2. The first kappa shape index (κ1) is 21.4. The van der Waals surface area contributed by atoms with Crippen LogP contribution in [0.2, 0.25) is 0 Å². The molecule has 0 amide bonds. The smallest absolute Gasteiger partial charge is 0.259 e. The lowest BCUT2D eigenvalue weighted by atomic mass is 10.0. The molecule has 4 aromatic carbocycles. The molecule has 0 spiro atoms. The van der Waals surface area contributed by atoms with Crippen molar-refractivity contribution in [1.82, 2.24) is 19.9 Å². The summed E-state index contributed by atoms with van der Waals surface area (Å²) in [6, 6.07) is 28.2. The summed E-state index contributed by atoms with van der Waals surface area (Å²) in [5, 5.41) is 1.05. The van der Waals surface area contributed by atoms with E-state index in [0.717, 1.165) is 0 Å². The van der Waals surface area contributed by atoms with Crippen molar-refractivity contribution in [1.29, 1.82) is 0 Å². The van der Waals surface area contributed by atoms with Gasteiger partial charge in [-0.3, -0.25) is 14.4 Å². The average molecular weight is 470 g/mol. The van der Waals surface area contributed by atoms with E-state index in [-0.39, 0.29) is 16.9 Å². The summed E-state index contributed by atoms with van der Waals surface area (Å²) in [7, 11) is 0. The lowest BCUT2D eigenvalue weighted by Crippen LogP contribution is -2.09. The van der Waals surface area contributed by atoms with E-state index in [1.807, 2.05) is 12.1 Å². The summed E-state index contributed by atoms with van der Waals surface area (Å²) in [6.07, 6.45) is 0. The lowest BCUT2D eigenvalue weighted by molar-refractivity contribution is 0.103. The molecule has 36 heavy (non-hydrogen) atoms. The molecule has 2 N–H and O–H groups in total. The van der Waals surface area contributed by atoms with Crippen LogP contribution in [0.1, 0.15) is 15.9 Å². The molecule has 6 aromatic rings. The van der Waals surface area contributed by atoms with Crippen molar-refractivity contribution >= 4 is 27.6 Å². The van der Waals surface area contributed by atoms with Gasteiger partial charge in [0.1, 0.15) is 11.6 Å². The van der Waals surface area contributed by atoms with E-state index in [2.05, 4.69) is 19.9 Å². The number of aromatic amines is 2. The van der Waals surface area contributed by atoms with Crippen molar-refractivity contribution in [3.8, 4) is 22.8 Å². The molecule has 0 saturated heterocycles. The van der Waals surface area contributed by atoms with Gasteiger partial charge >= 0.3 is 0 Å². The van der Waals surface area contributed by atoms with Crippen molar-refractivity contribution in [3.63, 3.8) is 0 Å². The van der Waals surface area contributed by atoms with E-state index in [4.69, 9.17) is 0 Å². The molecule has 0 fully saturated rings. The number of H-pyrrole nitrogens is 2. The predicted molar refractivity (Wildman–Crippen MR) is 139 cm³/mol. The zero-order valence-electron chi connectivity index (χ0n) is 18.9. The molecule has 6 rings (SSSR count). The van der Waals surface area contributed by atoms with Gasteiger partial charge in [0.2, 0.25) is 0 Å². The monoisotopic (exact) mass is 470 g/mol. The Bertz CT molecular complexity index is 1750. The van der Waals surface area contributed by atoms with Crippen LogP contribution in [0.3, 0.4) is 0 Å². The van der Waals surface area contributed by atoms with Crippen LogP contribution in [0.4, 0.5) is 0 Å². The van der Waals surface area contributed by atoms with Gasteiger partial charge in [-0.15, -0.1) is 0 Å². The van der Waals surface area contributed by atoms with Crippen molar-refractivity contribution < 1.29 is 4.79 Å². The number of benzene rings is 4. The molecule has 172 valence electrons. The summed E-state index contributed by atoms with van der Waals surface area (Å²) in [6.45, 7) is 0. The Balaban J connectivity index is 1.27. The van der Waals surface area contributed by atoms with E-state index in [1.54, 1.807) is 84.9 Å². The van der Waals surface area contributed by atoms with Crippen LogP contribution in [0, 0.1) is 0 Å². The minimum absolute atomic E-state index is 0.145. The Morgan fingerprint density at radius 2 is 0.917 bits per heavy atom. The quantitative estimate of drug-likeness (QED) is 0.362. The summed E-state index contributed by atoms with van der Waals surface area (Å²) in [4.78, 5) is 52.5. The number of ketones is 1. The number of nitrogens with zero attached hydrogens (tertiary/aromatic N) is 2. The van der Waals surface area contributed by atoms with Crippen LogP contribution in [0.25, 0.3) is 44.6 Å². The molecule has 2 heterocycles. The second kappa shape index (κ2) is 8.56. The van der Waals surface area contributed by atoms with Crippen LogP contribution < -0.4 is 11.1 Å². The first-order chi connectivity index (χ1) is 17.6. The molecule has 0 aliphatic heterocycles. The molecule has 0 atom stereocenters. The molecule has 7 heteroatoms. The van der Waals surface area contributed by atoms with E-state index >= 15 is 0 Å². The number of fused-ring (bicyclic) bond motifs is 2. The molecule has 0 saturated carbocycles. The third kappa shape index (κ3) is 3.78. The molecular weight excluding hydrogens is 452 g/mol. The standard InChI is InChI=1S/C29H18N4O3/c34-25(17-9-13-19(14-10-17)26-30-23-7-3-1-5-21(23)28(35)32-26)18-11-15-20(16-12-18)27-31-24-8-4-2-6-22(24)29(36)33-27/h1-16H,(H,30,32,35)(H,31,33,36). The minimum Gasteiger partial charge on any atom is -0.306 e. The maximum absolute atomic E-state index is 13.1. The second-order valence-corrected chi connectivity index (χ2v) is 8.35. The van der Waals surface area contributed by atoms with Crippen LogP contribution >= 0.6 is 0 Å².